The molecule has 7 heteroatoms. The molecular formula is C15H17N5O2. The zero-order valence-electron chi connectivity index (χ0n) is 12.2. The number of para-hydroxylation sites is 2. The van der Waals surface area contributed by atoms with Gasteiger partial charge in [-0.2, -0.15) is 5.10 Å². The molecule has 22 heavy (non-hydrogen) atoms. The normalized spacial score (nSPS) is 12.5. The lowest BCUT2D eigenvalue weighted by Crippen LogP contribution is -2.30. The average molecular weight is 299 g/mol. The molecule has 0 bridgehead atoms. The van der Waals surface area contributed by atoms with Crippen LogP contribution in [0.1, 0.15) is 23.1 Å². The van der Waals surface area contributed by atoms with Gasteiger partial charge in [-0.1, -0.05) is 12.1 Å². The summed E-state index contributed by atoms with van der Waals surface area (Å²) in [5.41, 5.74) is 3.07. The van der Waals surface area contributed by atoms with Crippen LogP contribution in [0.2, 0.25) is 0 Å². The molecule has 0 spiro atoms. The van der Waals surface area contributed by atoms with Crippen molar-refractivity contribution in [2.24, 2.45) is 0 Å². The number of hydrogen-bond donors (Lipinski definition) is 3. The molecule has 1 aromatic carbocycles. The van der Waals surface area contributed by atoms with Gasteiger partial charge in [-0.05, 0) is 25.1 Å². The van der Waals surface area contributed by atoms with Crippen LogP contribution < -0.4 is 5.32 Å². The first-order valence-corrected chi connectivity index (χ1v) is 7.04. The second kappa shape index (κ2) is 5.98. The highest BCUT2D eigenvalue weighted by molar-refractivity contribution is 5.92. The molecule has 0 saturated heterocycles. The Kier molecular flexibility index (Phi) is 3.88. The van der Waals surface area contributed by atoms with Crippen molar-refractivity contribution in [2.45, 2.75) is 19.6 Å². The quantitative estimate of drug-likeness (QED) is 0.652. The number of hydrogen-bond acceptors (Lipinski definition) is 4. The molecule has 2 aromatic heterocycles. The van der Waals surface area contributed by atoms with Crippen molar-refractivity contribution in [3.63, 3.8) is 0 Å². The van der Waals surface area contributed by atoms with Crippen molar-refractivity contribution in [3.05, 3.63) is 48.0 Å². The second-order valence-electron chi connectivity index (χ2n) is 5.20. The Morgan fingerprint density at radius 3 is 3.09 bits per heavy atom. The SMILES string of the molecule is C[C@H](O)CNC(=O)c1cc(Cn2cnc3ccccc32)[nH]n1. The van der Waals surface area contributed by atoms with E-state index in [4.69, 9.17) is 0 Å². The molecule has 0 fully saturated rings. The minimum atomic E-state index is -0.584. The van der Waals surface area contributed by atoms with E-state index in [9.17, 15) is 9.90 Å². The summed E-state index contributed by atoms with van der Waals surface area (Å²) in [6.45, 7) is 2.37. The molecule has 0 aliphatic carbocycles. The maximum atomic E-state index is 11.9. The monoisotopic (exact) mass is 299 g/mol. The van der Waals surface area contributed by atoms with Crippen LogP contribution in [-0.4, -0.2) is 43.4 Å². The van der Waals surface area contributed by atoms with E-state index in [2.05, 4.69) is 20.5 Å². The first-order valence-electron chi connectivity index (χ1n) is 7.04. The highest BCUT2D eigenvalue weighted by Crippen LogP contribution is 2.13. The summed E-state index contributed by atoms with van der Waals surface area (Å²) in [6.07, 6.45) is 1.18. The predicted octanol–water partition coefficient (Wildman–Crippen LogP) is 0.918. The van der Waals surface area contributed by atoms with Gasteiger partial charge in [0, 0.05) is 6.54 Å². The van der Waals surface area contributed by atoms with Gasteiger partial charge in [0.05, 0.1) is 35.7 Å². The number of carbonyl (C=O) groups is 1. The molecule has 7 nitrogen and oxygen atoms in total. The number of aromatic amines is 1. The van der Waals surface area contributed by atoms with Crippen molar-refractivity contribution in [2.75, 3.05) is 6.54 Å². The fraction of sp³-hybridized carbons (Fsp3) is 0.267. The van der Waals surface area contributed by atoms with Crippen LogP contribution in [0.3, 0.4) is 0 Å². The first-order chi connectivity index (χ1) is 10.6. The number of carbonyl (C=O) groups excluding carboxylic acids is 1. The van der Waals surface area contributed by atoms with E-state index >= 15 is 0 Å². The molecule has 0 saturated carbocycles. The zero-order chi connectivity index (χ0) is 15.5. The van der Waals surface area contributed by atoms with Crippen molar-refractivity contribution in [1.29, 1.82) is 0 Å². The molecule has 1 amide bonds. The number of aromatic nitrogens is 4. The van der Waals surface area contributed by atoms with Gasteiger partial charge in [-0.25, -0.2) is 4.98 Å². The summed E-state index contributed by atoms with van der Waals surface area (Å²) in [5.74, 6) is -0.307. The van der Waals surface area contributed by atoms with Gasteiger partial charge in [-0.15, -0.1) is 0 Å². The van der Waals surface area contributed by atoms with Crippen LogP contribution in [0.4, 0.5) is 0 Å². The number of benzene rings is 1. The summed E-state index contributed by atoms with van der Waals surface area (Å²) in [7, 11) is 0. The third kappa shape index (κ3) is 2.99. The first kappa shape index (κ1) is 14.3. The van der Waals surface area contributed by atoms with E-state index in [0.717, 1.165) is 16.7 Å². The number of nitrogens with one attached hydrogen (secondary N) is 2. The Balaban J connectivity index is 1.73. The van der Waals surface area contributed by atoms with Gasteiger partial charge in [0.15, 0.2) is 0 Å². The average Bonchev–Trinajstić information content (AvgIpc) is 3.13. The third-order valence-corrected chi connectivity index (χ3v) is 3.29. The minimum Gasteiger partial charge on any atom is -0.392 e. The summed E-state index contributed by atoms with van der Waals surface area (Å²) in [6, 6.07) is 9.55. The van der Waals surface area contributed by atoms with Crippen molar-refractivity contribution >= 4 is 16.9 Å². The van der Waals surface area contributed by atoms with Gasteiger partial charge < -0.3 is 15.0 Å². The Bertz CT molecular complexity index is 790. The molecule has 0 aliphatic rings. The van der Waals surface area contributed by atoms with Gasteiger partial charge in [0.25, 0.3) is 5.91 Å². The maximum absolute atomic E-state index is 11.9. The second-order valence-corrected chi connectivity index (χ2v) is 5.20. The number of nitrogens with zero attached hydrogens (tertiary/aromatic N) is 3. The zero-order valence-corrected chi connectivity index (χ0v) is 12.2. The smallest absolute Gasteiger partial charge is 0.271 e. The standard InChI is InChI=1S/C15H17N5O2/c1-10(21)7-16-15(22)13-6-11(18-19-13)8-20-9-17-12-4-2-3-5-14(12)20/h2-6,9-10,21H,7-8H2,1H3,(H,16,22)(H,18,19)/t10-/m0/s1. The molecule has 0 unspecified atom stereocenters. The van der Waals surface area contributed by atoms with Crippen molar-refractivity contribution in [3.8, 4) is 0 Å². The van der Waals surface area contributed by atoms with E-state index < -0.39 is 6.10 Å². The molecule has 0 radical (unpaired) electrons. The van der Waals surface area contributed by atoms with Crippen molar-refractivity contribution < 1.29 is 9.90 Å². The molecule has 3 aromatic rings. The lowest BCUT2D eigenvalue weighted by atomic mass is 10.3. The van der Waals surface area contributed by atoms with Crippen LogP contribution in [-0.2, 0) is 6.54 Å². The molecule has 1 atom stereocenters. The summed E-state index contributed by atoms with van der Waals surface area (Å²) < 4.78 is 1.99. The molecule has 3 N–H and O–H groups in total. The molecule has 3 rings (SSSR count). The summed E-state index contributed by atoms with van der Waals surface area (Å²) in [5, 5.41) is 18.6. The Labute approximate surface area is 127 Å². The lowest BCUT2D eigenvalue weighted by molar-refractivity contribution is 0.0919. The van der Waals surface area contributed by atoms with Crippen LogP contribution in [0, 0.1) is 0 Å². The minimum absolute atomic E-state index is 0.202. The highest BCUT2D eigenvalue weighted by Gasteiger charge is 2.11. The van der Waals surface area contributed by atoms with Gasteiger partial charge in [-0.3, -0.25) is 9.89 Å². The van der Waals surface area contributed by atoms with E-state index in [1.54, 1.807) is 19.3 Å². The topological polar surface area (TPSA) is 95.8 Å². The van der Waals surface area contributed by atoms with E-state index in [0.29, 0.717) is 12.2 Å². The van der Waals surface area contributed by atoms with Gasteiger partial charge in [0.1, 0.15) is 5.69 Å². The fourth-order valence-corrected chi connectivity index (χ4v) is 2.21. The molecule has 114 valence electrons. The number of amides is 1. The van der Waals surface area contributed by atoms with E-state index in [1.165, 1.54) is 0 Å². The summed E-state index contributed by atoms with van der Waals surface area (Å²) in [4.78, 5) is 16.2. The van der Waals surface area contributed by atoms with E-state index in [1.807, 2.05) is 28.8 Å². The molecule has 0 aliphatic heterocycles. The predicted molar refractivity (Wildman–Crippen MR) is 81.4 cm³/mol. The van der Waals surface area contributed by atoms with Gasteiger partial charge >= 0.3 is 0 Å². The number of fused-ring (bicyclic) bond motifs is 1. The Morgan fingerprint density at radius 1 is 1.45 bits per heavy atom. The Morgan fingerprint density at radius 2 is 2.27 bits per heavy atom. The van der Waals surface area contributed by atoms with Crippen LogP contribution >= 0.6 is 0 Å². The highest BCUT2D eigenvalue weighted by atomic mass is 16.3. The molecule has 2 heterocycles. The van der Waals surface area contributed by atoms with E-state index in [-0.39, 0.29) is 12.5 Å². The molecular weight excluding hydrogens is 282 g/mol. The third-order valence-electron chi connectivity index (χ3n) is 3.29. The fourth-order valence-electron chi connectivity index (χ4n) is 2.21. The maximum Gasteiger partial charge on any atom is 0.271 e. The number of aliphatic hydroxyl groups is 1. The largest absolute Gasteiger partial charge is 0.392 e. The lowest BCUT2D eigenvalue weighted by Gasteiger charge is -2.04. The van der Waals surface area contributed by atoms with Crippen LogP contribution in [0.5, 0.6) is 0 Å². The van der Waals surface area contributed by atoms with Crippen LogP contribution in [0.15, 0.2) is 36.7 Å². The Hall–Kier alpha value is -2.67. The van der Waals surface area contributed by atoms with Crippen LogP contribution in [0.25, 0.3) is 11.0 Å². The van der Waals surface area contributed by atoms with Gasteiger partial charge in [0.2, 0.25) is 0 Å². The van der Waals surface area contributed by atoms with Crippen molar-refractivity contribution in [1.82, 2.24) is 25.1 Å². The number of rotatable bonds is 5. The number of H-pyrrole nitrogens is 1. The number of imidazole rings is 1. The summed E-state index contributed by atoms with van der Waals surface area (Å²) >= 11 is 0. The number of aliphatic hydroxyl groups excluding tert-OH is 1.